The summed E-state index contributed by atoms with van der Waals surface area (Å²) in [6, 6.07) is 0.192. The Hall–Kier alpha value is -1.06. The summed E-state index contributed by atoms with van der Waals surface area (Å²) in [5, 5.41) is 9.11. The van der Waals surface area contributed by atoms with Crippen LogP contribution in [0.25, 0.3) is 0 Å². The Balaban J connectivity index is 2.19. The predicted octanol–water partition coefficient (Wildman–Crippen LogP) is 1.11. The molecule has 1 aliphatic heterocycles. The minimum Gasteiger partial charge on any atom is -0.481 e. The van der Waals surface area contributed by atoms with Crippen molar-refractivity contribution >= 4 is 11.9 Å². The van der Waals surface area contributed by atoms with Crippen LogP contribution in [0.2, 0.25) is 0 Å². The van der Waals surface area contributed by atoms with Crippen LogP contribution in [0.3, 0.4) is 0 Å². The van der Waals surface area contributed by atoms with Gasteiger partial charge in [-0.05, 0) is 18.8 Å². The predicted molar refractivity (Wildman–Crippen MR) is 54.3 cm³/mol. The largest absolute Gasteiger partial charge is 0.481 e. The molecule has 1 saturated carbocycles. The van der Waals surface area contributed by atoms with Gasteiger partial charge in [-0.1, -0.05) is 12.8 Å². The Kier molecular flexibility index (Phi) is 2.67. The number of aliphatic carboxylic acids is 1. The van der Waals surface area contributed by atoms with Crippen LogP contribution in [-0.4, -0.2) is 34.5 Å². The third-order valence-corrected chi connectivity index (χ3v) is 3.81. The minimum absolute atomic E-state index is 0.0237. The van der Waals surface area contributed by atoms with Gasteiger partial charge in [0, 0.05) is 19.5 Å². The van der Waals surface area contributed by atoms with E-state index in [0.29, 0.717) is 6.54 Å². The van der Waals surface area contributed by atoms with Gasteiger partial charge < -0.3 is 10.0 Å². The molecule has 3 atom stereocenters. The molecule has 4 nitrogen and oxygen atoms in total. The molecular formula is C11H17NO3. The maximum atomic E-state index is 11.4. The van der Waals surface area contributed by atoms with Crippen molar-refractivity contribution in [3.63, 3.8) is 0 Å². The first-order valence-corrected chi connectivity index (χ1v) is 5.61. The number of carbonyl (C=O) groups excluding carboxylic acids is 1. The molecule has 0 aromatic carbocycles. The second-order valence-corrected chi connectivity index (χ2v) is 4.63. The van der Waals surface area contributed by atoms with Crippen molar-refractivity contribution < 1.29 is 14.7 Å². The molecule has 0 aromatic heterocycles. The van der Waals surface area contributed by atoms with Crippen molar-refractivity contribution in [1.29, 1.82) is 0 Å². The summed E-state index contributed by atoms with van der Waals surface area (Å²) < 4.78 is 0. The molecule has 0 radical (unpaired) electrons. The average Bonchev–Trinajstić information content (AvgIpc) is 2.56. The molecule has 3 unspecified atom stereocenters. The summed E-state index contributed by atoms with van der Waals surface area (Å²) in [5.41, 5.74) is 0. The highest BCUT2D eigenvalue weighted by molar-refractivity contribution is 5.77. The van der Waals surface area contributed by atoms with Gasteiger partial charge in [0.15, 0.2) is 0 Å². The van der Waals surface area contributed by atoms with Crippen molar-refractivity contribution in [2.45, 2.75) is 38.6 Å². The van der Waals surface area contributed by atoms with E-state index in [1.54, 1.807) is 4.90 Å². The molecule has 0 spiro atoms. The van der Waals surface area contributed by atoms with Crippen molar-refractivity contribution in [3.05, 3.63) is 0 Å². The monoisotopic (exact) mass is 211 g/mol. The second kappa shape index (κ2) is 3.83. The molecule has 1 heterocycles. The van der Waals surface area contributed by atoms with E-state index in [-0.39, 0.29) is 23.8 Å². The second-order valence-electron chi connectivity index (χ2n) is 4.63. The van der Waals surface area contributed by atoms with E-state index < -0.39 is 5.97 Å². The Bertz CT molecular complexity index is 262. The maximum absolute atomic E-state index is 11.4. The average molecular weight is 211 g/mol. The Labute approximate surface area is 89.3 Å². The Morgan fingerprint density at radius 3 is 2.53 bits per heavy atom. The van der Waals surface area contributed by atoms with Crippen LogP contribution in [0, 0.1) is 11.8 Å². The van der Waals surface area contributed by atoms with Crippen molar-refractivity contribution in [1.82, 2.24) is 4.90 Å². The summed E-state index contributed by atoms with van der Waals surface area (Å²) >= 11 is 0. The third kappa shape index (κ3) is 1.73. The van der Waals surface area contributed by atoms with Gasteiger partial charge in [-0.2, -0.15) is 0 Å². The van der Waals surface area contributed by atoms with Crippen LogP contribution >= 0.6 is 0 Å². The van der Waals surface area contributed by atoms with Gasteiger partial charge in [0.25, 0.3) is 0 Å². The highest BCUT2D eigenvalue weighted by Gasteiger charge is 2.46. The van der Waals surface area contributed by atoms with Crippen LogP contribution in [0.1, 0.15) is 32.6 Å². The molecule has 4 heteroatoms. The molecule has 15 heavy (non-hydrogen) atoms. The van der Waals surface area contributed by atoms with E-state index in [0.717, 1.165) is 25.7 Å². The summed E-state index contributed by atoms with van der Waals surface area (Å²) in [7, 11) is 0. The van der Waals surface area contributed by atoms with Gasteiger partial charge in [0.2, 0.25) is 5.91 Å². The van der Waals surface area contributed by atoms with Gasteiger partial charge in [-0.3, -0.25) is 9.59 Å². The van der Waals surface area contributed by atoms with Crippen molar-refractivity contribution in [3.8, 4) is 0 Å². The standard InChI is InChI=1S/C11H17NO3/c1-7(13)12-6-9(11(14)15)8-4-2-3-5-10(8)12/h8-10H,2-6H2,1H3,(H,14,15). The number of carboxylic acid groups (broad SMARTS) is 1. The molecule has 1 N–H and O–H groups in total. The number of nitrogens with zero attached hydrogens (tertiary/aromatic N) is 1. The van der Waals surface area contributed by atoms with Crippen LogP contribution in [0.5, 0.6) is 0 Å². The molecule has 2 aliphatic rings. The van der Waals surface area contributed by atoms with Crippen LogP contribution in [-0.2, 0) is 9.59 Å². The first kappa shape index (κ1) is 10.5. The van der Waals surface area contributed by atoms with E-state index >= 15 is 0 Å². The molecule has 2 fully saturated rings. The molecule has 1 saturated heterocycles. The van der Waals surface area contributed by atoms with E-state index in [1.165, 1.54) is 6.92 Å². The fourth-order valence-corrected chi connectivity index (χ4v) is 3.10. The lowest BCUT2D eigenvalue weighted by atomic mass is 9.80. The summed E-state index contributed by atoms with van der Waals surface area (Å²) in [4.78, 5) is 24.3. The lowest BCUT2D eigenvalue weighted by Crippen LogP contribution is -2.37. The fraction of sp³-hybridized carbons (Fsp3) is 0.818. The van der Waals surface area contributed by atoms with Gasteiger partial charge in [-0.25, -0.2) is 0 Å². The quantitative estimate of drug-likeness (QED) is 0.706. The number of likely N-dealkylation sites (tertiary alicyclic amines) is 1. The normalized spacial score (nSPS) is 35.0. The third-order valence-electron chi connectivity index (χ3n) is 3.81. The van der Waals surface area contributed by atoms with E-state index in [4.69, 9.17) is 5.11 Å². The number of rotatable bonds is 1. The molecule has 2 rings (SSSR count). The molecular weight excluding hydrogens is 194 g/mol. The van der Waals surface area contributed by atoms with Crippen LogP contribution in [0.15, 0.2) is 0 Å². The topological polar surface area (TPSA) is 57.6 Å². The zero-order valence-electron chi connectivity index (χ0n) is 8.98. The van der Waals surface area contributed by atoms with E-state index in [1.807, 2.05) is 0 Å². The van der Waals surface area contributed by atoms with Crippen LogP contribution < -0.4 is 0 Å². The zero-order valence-corrected chi connectivity index (χ0v) is 8.98. The molecule has 0 bridgehead atoms. The molecule has 84 valence electrons. The summed E-state index contributed by atoms with van der Waals surface area (Å²) in [6.07, 6.45) is 4.17. The smallest absolute Gasteiger partial charge is 0.308 e. The summed E-state index contributed by atoms with van der Waals surface area (Å²) in [5.74, 6) is -0.856. The number of fused-ring (bicyclic) bond motifs is 1. The highest BCUT2D eigenvalue weighted by atomic mass is 16.4. The SMILES string of the molecule is CC(=O)N1CC(C(=O)O)C2CCCCC21. The molecule has 0 aromatic rings. The van der Waals surface area contributed by atoms with Crippen molar-refractivity contribution in [2.24, 2.45) is 11.8 Å². The first-order valence-electron chi connectivity index (χ1n) is 5.61. The van der Waals surface area contributed by atoms with E-state index in [2.05, 4.69) is 0 Å². The fourth-order valence-electron chi connectivity index (χ4n) is 3.10. The van der Waals surface area contributed by atoms with Gasteiger partial charge in [0.1, 0.15) is 0 Å². The number of carboxylic acids is 1. The Morgan fingerprint density at radius 2 is 1.93 bits per heavy atom. The van der Waals surface area contributed by atoms with Crippen LogP contribution in [0.4, 0.5) is 0 Å². The number of amides is 1. The number of hydrogen-bond acceptors (Lipinski definition) is 2. The first-order chi connectivity index (χ1) is 7.11. The van der Waals surface area contributed by atoms with Gasteiger partial charge in [0.05, 0.1) is 5.92 Å². The number of carbonyl (C=O) groups is 2. The van der Waals surface area contributed by atoms with Gasteiger partial charge >= 0.3 is 5.97 Å². The van der Waals surface area contributed by atoms with Crippen molar-refractivity contribution in [2.75, 3.05) is 6.54 Å². The Morgan fingerprint density at radius 1 is 1.27 bits per heavy atom. The lowest BCUT2D eigenvalue weighted by Gasteiger charge is -2.31. The molecule has 1 aliphatic carbocycles. The molecule has 1 amide bonds. The lowest BCUT2D eigenvalue weighted by molar-refractivity contribution is -0.142. The zero-order chi connectivity index (χ0) is 11.0. The maximum Gasteiger partial charge on any atom is 0.308 e. The highest BCUT2D eigenvalue weighted by Crippen LogP contribution is 2.39. The summed E-state index contributed by atoms with van der Waals surface area (Å²) in [6.45, 7) is 1.95. The van der Waals surface area contributed by atoms with Gasteiger partial charge in [-0.15, -0.1) is 0 Å². The van der Waals surface area contributed by atoms with E-state index in [9.17, 15) is 9.59 Å². The number of hydrogen-bond donors (Lipinski definition) is 1. The minimum atomic E-state index is -0.740.